The number of sulfonamides is 1. The number of nitrogens with one attached hydrogen (secondary N) is 2. The van der Waals surface area contributed by atoms with Gasteiger partial charge in [-0.3, -0.25) is 4.72 Å². The number of nitrogens with zero attached hydrogens (tertiary/aromatic N) is 1. The van der Waals surface area contributed by atoms with E-state index in [1.807, 2.05) is 6.92 Å². The highest BCUT2D eigenvalue weighted by Gasteiger charge is 2.16. The molecule has 0 radical (unpaired) electrons. The zero-order valence-corrected chi connectivity index (χ0v) is 12.2. The second-order valence-electron chi connectivity index (χ2n) is 4.11. The van der Waals surface area contributed by atoms with E-state index in [2.05, 4.69) is 15.1 Å². The first kappa shape index (κ1) is 14.6. The number of nitrogens with two attached hydrogens (primary N) is 1. The van der Waals surface area contributed by atoms with Gasteiger partial charge in [0.05, 0.1) is 10.7 Å². The molecule has 0 saturated heterocycles. The number of nitrogen functional groups attached to an aromatic ring is 1. The van der Waals surface area contributed by atoms with Crippen LogP contribution in [0.5, 0.6) is 0 Å². The monoisotopic (exact) mass is 312 g/mol. The molecular formula is C12H13ClN4O2S. The maximum absolute atomic E-state index is 12.2. The van der Waals surface area contributed by atoms with Crippen LogP contribution in [0.25, 0.3) is 0 Å². The maximum atomic E-state index is 12.2. The first-order chi connectivity index (χ1) is 9.42. The minimum Gasteiger partial charge on any atom is -0.308 e. The normalized spacial score (nSPS) is 11.2. The SMILES string of the molecule is Cc1ccc(NS(=O)(=O)c2ccc(NN)nc2)c(Cl)c1. The molecule has 2 aromatic rings. The highest BCUT2D eigenvalue weighted by molar-refractivity contribution is 7.92. The fraction of sp³-hybridized carbons (Fsp3) is 0.0833. The third-order valence-corrected chi connectivity index (χ3v) is 4.23. The van der Waals surface area contributed by atoms with Gasteiger partial charge in [0.2, 0.25) is 0 Å². The molecule has 0 saturated carbocycles. The van der Waals surface area contributed by atoms with Crippen LogP contribution in [-0.4, -0.2) is 13.4 Å². The molecule has 0 aliphatic heterocycles. The van der Waals surface area contributed by atoms with Crippen LogP contribution in [0.15, 0.2) is 41.4 Å². The first-order valence-electron chi connectivity index (χ1n) is 5.64. The smallest absolute Gasteiger partial charge is 0.263 e. The standard InChI is InChI=1S/C12H13ClN4O2S/c1-8-2-4-11(10(13)6-8)17-20(18,19)9-3-5-12(16-14)15-7-9/h2-7,17H,14H2,1H3,(H,15,16). The van der Waals surface area contributed by atoms with Crippen molar-refractivity contribution in [2.45, 2.75) is 11.8 Å². The van der Waals surface area contributed by atoms with Crippen molar-refractivity contribution in [2.24, 2.45) is 5.84 Å². The van der Waals surface area contributed by atoms with Gasteiger partial charge in [0.25, 0.3) is 10.0 Å². The Balaban J connectivity index is 2.30. The number of aromatic nitrogens is 1. The minimum absolute atomic E-state index is 0.0214. The maximum Gasteiger partial charge on any atom is 0.263 e. The second-order valence-corrected chi connectivity index (χ2v) is 6.20. The number of rotatable bonds is 4. The van der Waals surface area contributed by atoms with E-state index in [0.717, 1.165) is 5.56 Å². The topological polar surface area (TPSA) is 97.1 Å². The average Bonchev–Trinajstić information content (AvgIpc) is 2.42. The Kier molecular flexibility index (Phi) is 4.12. The highest BCUT2D eigenvalue weighted by Crippen LogP contribution is 2.25. The molecule has 0 spiro atoms. The van der Waals surface area contributed by atoms with Gasteiger partial charge < -0.3 is 5.43 Å². The average molecular weight is 313 g/mol. The molecule has 1 heterocycles. The van der Waals surface area contributed by atoms with Crippen LogP contribution >= 0.6 is 11.6 Å². The molecule has 0 bridgehead atoms. The molecule has 0 amide bonds. The van der Waals surface area contributed by atoms with Crippen LogP contribution in [0.3, 0.4) is 0 Å². The molecule has 20 heavy (non-hydrogen) atoms. The molecule has 0 aliphatic carbocycles. The summed E-state index contributed by atoms with van der Waals surface area (Å²) in [5.41, 5.74) is 3.58. The van der Waals surface area contributed by atoms with Crippen molar-refractivity contribution >= 4 is 33.1 Å². The molecule has 106 valence electrons. The molecule has 0 atom stereocenters. The number of hydrogen-bond acceptors (Lipinski definition) is 5. The highest BCUT2D eigenvalue weighted by atomic mass is 35.5. The predicted octanol–water partition coefficient (Wildman–Crippen LogP) is 2.13. The van der Waals surface area contributed by atoms with Gasteiger partial charge in [-0.2, -0.15) is 0 Å². The lowest BCUT2D eigenvalue weighted by Crippen LogP contribution is -2.14. The fourth-order valence-corrected chi connectivity index (χ4v) is 2.89. The van der Waals surface area contributed by atoms with Gasteiger partial charge in [-0.1, -0.05) is 17.7 Å². The van der Waals surface area contributed by atoms with E-state index in [1.54, 1.807) is 18.2 Å². The van der Waals surface area contributed by atoms with E-state index in [0.29, 0.717) is 16.5 Å². The van der Waals surface area contributed by atoms with Crippen LogP contribution in [-0.2, 0) is 10.0 Å². The van der Waals surface area contributed by atoms with E-state index in [-0.39, 0.29) is 4.90 Å². The molecule has 6 nitrogen and oxygen atoms in total. The molecule has 2 rings (SSSR count). The summed E-state index contributed by atoms with van der Waals surface area (Å²) in [5.74, 6) is 5.54. The van der Waals surface area contributed by atoms with Gasteiger partial charge in [-0.15, -0.1) is 0 Å². The number of hydrazine groups is 1. The van der Waals surface area contributed by atoms with E-state index < -0.39 is 10.0 Å². The lowest BCUT2D eigenvalue weighted by Gasteiger charge is -2.10. The van der Waals surface area contributed by atoms with Crippen molar-refractivity contribution in [2.75, 3.05) is 10.1 Å². The number of anilines is 2. The summed E-state index contributed by atoms with van der Waals surface area (Å²) >= 11 is 6.00. The summed E-state index contributed by atoms with van der Waals surface area (Å²) in [7, 11) is -3.74. The predicted molar refractivity (Wildman–Crippen MR) is 79.0 cm³/mol. The Morgan fingerprint density at radius 1 is 1.25 bits per heavy atom. The van der Waals surface area contributed by atoms with E-state index in [4.69, 9.17) is 17.4 Å². The van der Waals surface area contributed by atoms with Crippen LogP contribution < -0.4 is 16.0 Å². The Labute approximate surface area is 122 Å². The van der Waals surface area contributed by atoms with Crippen LogP contribution in [0.1, 0.15) is 5.56 Å². The first-order valence-corrected chi connectivity index (χ1v) is 7.50. The number of pyridine rings is 1. The largest absolute Gasteiger partial charge is 0.308 e. The molecule has 0 fully saturated rings. The minimum atomic E-state index is -3.74. The lowest BCUT2D eigenvalue weighted by atomic mass is 10.2. The molecule has 0 unspecified atom stereocenters. The Morgan fingerprint density at radius 2 is 2.00 bits per heavy atom. The summed E-state index contributed by atoms with van der Waals surface area (Å²) in [6.07, 6.45) is 1.21. The van der Waals surface area contributed by atoms with Crippen molar-refractivity contribution in [3.05, 3.63) is 47.1 Å². The summed E-state index contributed by atoms with van der Waals surface area (Å²) in [6.45, 7) is 1.87. The van der Waals surface area contributed by atoms with Gasteiger partial charge in [-0.25, -0.2) is 19.2 Å². The molecule has 1 aromatic carbocycles. The van der Waals surface area contributed by atoms with E-state index in [1.165, 1.54) is 18.3 Å². The molecule has 4 N–H and O–H groups in total. The molecule has 0 aliphatic rings. The van der Waals surface area contributed by atoms with Gasteiger partial charge in [0.15, 0.2) is 0 Å². The number of aryl methyl sites for hydroxylation is 1. The van der Waals surface area contributed by atoms with Crippen molar-refractivity contribution in [1.29, 1.82) is 0 Å². The molecule has 1 aromatic heterocycles. The Morgan fingerprint density at radius 3 is 2.55 bits per heavy atom. The van der Waals surface area contributed by atoms with Crippen LogP contribution in [0.4, 0.5) is 11.5 Å². The lowest BCUT2D eigenvalue weighted by molar-refractivity contribution is 0.601. The third-order valence-electron chi connectivity index (χ3n) is 2.56. The number of benzene rings is 1. The van der Waals surface area contributed by atoms with Gasteiger partial charge >= 0.3 is 0 Å². The van der Waals surface area contributed by atoms with Crippen LogP contribution in [0, 0.1) is 6.92 Å². The molecular weight excluding hydrogens is 300 g/mol. The van der Waals surface area contributed by atoms with Crippen molar-refractivity contribution in [3.8, 4) is 0 Å². The summed E-state index contributed by atoms with van der Waals surface area (Å²) in [5, 5.41) is 0.335. The summed E-state index contributed by atoms with van der Waals surface area (Å²) < 4.78 is 26.8. The van der Waals surface area contributed by atoms with Crippen molar-refractivity contribution in [1.82, 2.24) is 4.98 Å². The van der Waals surface area contributed by atoms with Gasteiger partial charge in [0, 0.05) is 6.20 Å². The van der Waals surface area contributed by atoms with Gasteiger partial charge in [-0.05, 0) is 36.8 Å². The Hall–Kier alpha value is -1.83. The van der Waals surface area contributed by atoms with E-state index >= 15 is 0 Å². The van der Waals surface area contributed by atoms with Gasteiger partial charge in [0.1, 0.15) is 10.7 Å². The zero-order valence-electron chi connectivity index (χ0n) is 10.6. The van der Waals surface area contributed by atoms with Crippen molar-refractivity contribution < 1.29 is 8.42 Å². The third kappa shape index (κ3) is 3.19. The number of halogens is 1. The van der Waals surface area contributed by atoms with Crippen LogP contribution in [0.2, 0.25) is 5.02 Å². The molecule has 8 heteroatoms. The fourth-order valence-electron chi connectivity index (χ4n) is 1.53. The Bertz CT molecular complexity index is 717. The zero-order chi connectivity index (χ0) is 14.8. The summed E-state index contributed by atoms with van der Waals surface area (Å²) in [4.78, 5) is 3.87. The van der Waals surface area contributed by atoms with Crippen molar-refractivity contribution in [3.63, 3.8) is 0 Å². The number of hydrogen-bond donors (Lipinski definition) is 3. The second kappa shape index (κ2) is 5.66. The summed E-state index contributed by atoms with van der Waals surface area (Å²) in [6, 6.07) is 7.92. The quantitative estimate of drug-likeness (QED) is 0.593. The van der Waals surface area contributed by atoms with E-state index in [9.17, 15) is 8.42 Å².